The van der Waals surface area contributed by atoms with E-state index in [0.717, 1.165) is 0 Å². The largest absolute Gasteiger partial charge is 0.545 e. The number of nitrogens with two attached hydrogens (primary N) is 2. The fourth-order valence-electron chi connectivity index (χ4n) is 0. The Kier molecular flexibility index (Phi) is 520. The smallest absolute Gasteiger partial charge is 0.282 e. The van der Waals surface area contributed by atoms with E-state index in [2.05, 4.69) is 42.7 Å². The van der Waals surface area contributed by atoms with Crippen LogP contribution in [0, 0.1) is 0 Å². The van der Waals surface area contributed by atoms with Gasteiger partial charge in [-0.15, -0.1) is 0 Å². The van der Waals surface area contributed by atoms with Gasteiger partial charge < -0.3 is 19.2 Å². The summed E-state index contributed by atoms with van der Waals surface area (Å²) in [7, 11) is 0. The normalized spacial score (nSPS) is 3.58. The SMILES string of the molecule is N[C](N)=[Fe].[CH-]=O.[CH-]=O.[CH-]=O.[CH-]=O. The second-order valence-corrected chi connectivity index (χ2v) is 1.01. The molecule has 0 saturated carbocycles. The molecule has 0 aromatic rings. The third-order valence-electron chi connectivity index (χ3n) is 0. The van der Waals surface area contributed by atoms with E-state index in [1.807, 2.05) is 0 Å². The summed E-state index contributed by atoms with van der Waals surface area (Å²) >= 11 is 3.11. The molecule has 0 spiro atoms. The first kappa shape index (κ1) is 30.6. The van der Waals surface area contributed by atoms with Crippen molar-refractivity contribution < 1.29 is 34.8 Å². The second-order valence-electron chi connectivity index (χ2n) is 0.371. The predicted octanol–water partition coefficient (Wildman–Crippen LogP) is -2.56. The molecule has 4 N–H and O–H groups in total. The van der Waals surface area contributed by atoms with Gasteiger partial charge in [0.15, 0.2) is 0 Å². The number of hydrogen-bond donors (Lipinski definition) is 2. The minimum atomic E-state index is 0.167. The average Bonchev–Trinajstić information content (AvgIpc) is 2.16. The van der Waals surface area contributed by atoms with Gasteiger partial charge in [-0.25, -0.2) is 0 Å². The fraction of sp³-hybridized carbons (Fsp3) is 0. The van der Waals surface area contributed by atoms with Crippen LogP contribution in [0.2, 0.25) is 0 Å². The van der Waals surface area contributed by atoms with E-state index in [4.69, 9.17) is 30.6 Å². The molecule has 0 fully saturated rings. The molecule has 0 unspecified atom stereocenters. The minimum absolute atomic E-state index is 0.167. The Morgan fingerprint density at radius 3 is 0.750 bits per heavy atom. The zero-order chi connectivity index (χ0) is 11.6. The van der Waals surface area contributed by atoms with Gasteiger partial charge in [0.1, 0.15) is 0 Å². The van der Waals surface area contributed by atoms with Crippen LogP contribution in [-0.4, -0.2) is 31.8 Å². The first-order valence-electron chi connectivity index (χ1n) is 1.70. The van der Waals surface area contributed by atoms with Crippen molar-refractivity contribution in [3.63, 3.8) is 0 Å². The van der Waals surface area contributed by atoms with E-state index < -0.39 is 0 Å². The molecule has 74 valence electrons. The molecule has 0 bridgehead atoms. The molecule has 0 aliphatic rings. The molecule has 7 heteroatoms. The van der Waals surface area contributed by atoms with Gasteiger partial charge in [0.25, 0.3) is 0 Å². The van der Waals surface area contributed by atoms with E-state index in [9.17, 15) is 0 Å². The van der Waals surface area contributed by atoms with Gasteiger partial charge >= 0.3 is 31.7 Å². The topological polar surface area (TPSA) is 120 Å². The molecule has 0 aliphatic carbocycles. The summed E-state index contributed by atoms with van der Waals surface area (Å²) in [5, 5.41) is 0. The monoisotopic (exact) mass is 216 g/mol. The van der Waals surface area contributed by atoms with Crippen molar-refractivity contribution in [2.45, 2.75) is 0 Å². The molecular weight excluding hydrogens is 208 g/mol. The minimum Gasteiger partial charge on any atom is -0.545 e. The average molecular weight is 216 g/mol. The summed E-state index contributed by atoms with van der Waals surface area (Å²) in [6.07, 6.45) is 0. The first-order valence-corrected chi connectivity index (χ1v) is 2.25. The van der Waals surface area contributed by atoms with Crippen LogP contribution in [0.25, 0.3) is 0 Å². The van der Waals surface area contributed by atoms with Crippen LogP contribution >= 0.6 is 0 Å². The quantitative estimate of drug-likeness (QED) is 0.261. The van der Waals surface area contributed by atoms with Crippen LogP contribution in [0.1, 0.15) is 0 Å². The Bertz CT molecular complexity index is 71.8. The molecule has 0 atom stereocenters. The van der Waals surface area contributed by atoms with Gasteiger partial charge in [-0.2, -0.15) is 0 Å². The van der Waals surface area contributed by atoms with Crippen LogP contribution in [0.15, 0.2) is 0 Å². The number of rotatable bonds is 0. The van der Waals surface area contributed by atoms with Gasteiger partial charge in [0.2, 0.25) is 0 Å². The Labute approximate surface area is 78.6 Å². The zero-order valence-electron chi connectivity index (χ0n) is 5.95. The van der Waals surface area contributed by atoms with Crippen molar-refractivity contribution in [2.75, 3.05) is 0 Å². The van der Waals surface area contributed by atoms with Crippen LogP contribution in [-0.2, 0) is 34.8 Å². The fourth-order valence-corrected chi connectivity index (χ4v) is 0. The van der Waals surface area contributed by atoms with Gasteiger partial charge in [-0.05, 0) is 0 Å². The molecule has 0 aromatic heterocycles. The first-order chi connectivity index (χ1) is 5.73. The Balaban J connectivity index is -0.0000000181. The standard InChI is InChI=1S/CH4N2.4CHO.Fe/c2-1-3;4*1-2;/h2-3H2;4*1H;/q;4*-1;. The van der Waals surface area contributed by atoms with Gasteiger partial charge in [0, 0.05) is 0 Å². The Morgan fingerprint density at radius 2 is 0.750 bits per heavy atom. The number of carbonyl (C=O) groups excluding carboxylic acids is 4. The van der Waals surface area contributed by atoms with Crippen molar-refractivity contribution in [3.8, 4) is 0 Å². The summed E-state index contributed by atoms with van der Waals surface area (Å²) in [5.74, 6) is 0. The van der Waals surface area contributed by atoms with Gasteiger partial charge in [-0.1, -0.05) is 0 Å². The molecule has 12 heavy (non-hydrogen) atoms. The molecule has 0 aromatic carbocycles. The summed E-state index contributed by atoms with van der Waals surface area (Å²) in [5.41, 5.74) is 9.39. The van der Waals surface area contributed by atoms with Crippen LogP contribution in [0.3, 0.4) is 0 Å². The summed E-state index contributed by atoms with van der Waals surface area (Å²) < 4.78 is 0.167. The Hall–Kier alpha value is -1.01. The second kappa shape index (κ2) is 204. The Morgan fingerprint density at radius 1 is 0.750 bits per heavy atom. The number of hydrogen-bond acceptors (Lipinski definition) is 6. The summed E-state index contributed by atoms with van der Waals surface area (Å²) in [6, 6.07) is 0. The van der Waals surface area contributed by atoms with Gasteiger partial charge in [0.05, 0.1) is 0 Å². The van der Waals surface area contributed by atoms with Crippen LogP contribution < -0.4 is 11.5 Å². The molecule has 0 aliphatic heterocycles. The van der Waals surface area contributed by atoms with Crippen molar-refractivity contribution in [1.29, 1.82) is 0 Å². The van der Waals surface area contributed by atoms with E-state index >= 15 is 0 Å². The van der Waals surface area contributed by atoms with Crippen LogP contribution in [0.5, 0.6) is 0 Å². The van der Waals surface area contributed by atoms with Crippen molar-refractivity contribution in [1.82, 2.24) is 0 Å². The maximum absolute atomic E-state index is 7.75. The zero-order valence-corrected chi connectivity index (χ0v) is 7.05. The van der Waals surface area contributed by atoms with Crippen LogP contribution in [0.4, 0.5) is 0 Å². The predicted molar refractivity (Wildman–Crippen MR) is 40.4 cm³/mol. The molecule has 0 heterocycles. The molecule has 0 saturated heterocycles. The third-order valence-corrected chi connectivity index (χ3v) is 0. The molecule has 0 rings (SSSR count). The van der Waals surface area contributed by atoms with E-state index in [1.165, 1.54) is 0 Å². The summed E-state index contributed by atoms with van der Waals surface area (Å²) in [6.45, 7) is 13.0. The molecular formula is C5H8FeN2O4-4. The van der Waals surface area contributed by atoms with E-state index in [1.54, 1.807) is 0 Å². The molecule has 0 amide bonds. The molecule has 0 radical (unpaired) electrons. The van der Waals surface area contributed by atoms with Crippen molar-refractivity contribution in [3.05, 3.63) is 0 Å². The third kappa shape index (κ3) is 562. The van der Waals surface area contributed by atoms with Crippen molar-refractivity contribution >= 4 is 31.8 Å². The maximum atomic E-state index is 7.75. The van der Waals surface area contributed by atoms with E-state index in [-0.39, 0.29) is 4.67 Å². The maximum Gasteiger partial charge on any atom is -0.282 e. The van der Waals surface area contributed by atoms with Gasteiger partial charge in [-0.3, -0.25) is 27.2 Å². The van der Waals surface area contributed by atoms with E-state index in [0.29, 0.717) is 0 Å². The molecule has 6 nitrogen and oxygen atoms in total. The summed E-state index contributed by atoms with van der Waals surface area (Å²) in [4.78, 5) is 31.0. The van der Waals surface area contributed by atoms with Crippen molar-refractivity contribution in [2.24, 2.45) is 11.5 Å².